The SMILES string of the molecule is Cc1cc(F)c(C(=O)Nc2cccc(-c3nnnn3C(C)C)n2)cc1-c1ccncc1.Cc1cc(F)c(C(=O)Nc2cccc(-c3nnnn3C(C)C)n2)cc1-c1ccncc1.Cc1cc(F)c(C(=O)O)cc1-c1ccncc1.Cc1cc(F)c(C(=O)O)cc1Br.OB(O)c1cccnc1. The van der Waals surface area contributed by atoms with Crippen LogP contribution in [0, 0.1) is 51.0 Å². The van der Waals surface area contributed by atoms with Crippen LogP contribution in [-0.2, 0) is 0 Å². The molecule has 8 aromatic heterocycles. The maximum atomic E-state index is 14.6. The highest BCUT2D eigenvalue weighted by Crippen LogP contribution is 2.31. The van der Waals surface area contributed by atoms with E-state index in [0.29, 0.717) is 49.7 Å². The van der Waals surface area contributed by atoms with E-state index in [9.17, 15) is 36.7 Å². The van der Waals surface area contributed by atoms with Crippen molar-refractivity contribution in [3.8, 4) is 56.4 Å². The lowest BCUT2D eigenvalue weighted by atomic mass is 9.82. The zero-order chi connectivity index (χ0) is 72.3. The normalized spacial score (nSPS) is 10.6. The summed E-state index contributed by atoms with van der Waals surface area (Å²) in [6.45, 7) is 14.8. The molecular formula is C70H62BBrF4N16O8. The Morgan fingerprint density at radius 3 is 1.16 bits per heavy atom. The summed E-state index contributed by atoms with van der Waals surface area (Å²) in [6.07, 6.45) is 12.8. The van der Waals surface area contributed by atoms with E-state index in [0.717, 1.165) is 38.9 Å². The van der Waals surface area contributed by atoms with Crippen molar-refractivity contribution in [2.75, 3.05) is 10.6 Å². The van der Waals surface area contributed by atoms with Crippen LogP contribution in [0.5, 0.6) is 0 Å². The molecule has 100 heavy (non-hydrogen) atoms. The molecule has 0 aliphatic rings. The van der Waals surface area contributed by atoms with Crippen molar-refractivity contribution in [3.05, 3.63) is 255 Å². The Labute approximate surface area is 578 Å². The molecule has 30 heteroatoms. The first-order valence-corrected chi connectivity index (χ1v) is 31.0. The van der Waals surface area contributed by atoms with Crippen LogP contribution in [0.3, 0.4) is 0 Å². The Bertz CT molecular complexity index is 4660. The zero-order valence-corrected chi connectivity index (χ0v) is 56.2. The van der Waals surface area contributed by atoms with E-state index in [1.165, 1.54) is 42.6 Å². The minimum atomic E-state index is -1.40. The largest absolute Gasteiger partial charge is 0.490 e. The summed E-state index contributed by atoms with van der Waals surface area (Å²) < 4.78 is 59.4. The number of halogens is 5. The van der Waals surface area contributed by atoms with Crippen LogP contribution in [0.4, 0.5) is 29.2 Å². The molecule has 2 amide bonds. The number of benzene rings is 4. The van der Waals surface area contributed by atoms with E-state index in [1.807, 2.05) is 52.0 Å². The molecule has 12 rings (SSSR count). The Morgan fingerprint density at radius 2 is 0.820 bits per heavy atom. The molecule has 0 fully saturated rings. The van der Waals surface area contributed by atoms with Crippen LogP contribution in [0.2, 0.25) is 0 Å². The van der Waals surface area contributed by atoms with Gasteiger partial charge in [0.25, 0.3) is 11.8 Å². The van der Waals surface area contributed by atoms with Crippen molar-refractivity contribution in [1.82, 2.24) is 70.3 Å². The Balaban J connectivity index is 0.000000171. The van der Waals surface area contributed by atoms with E-state index < -0.39 is 54.1 Å². The Hall–Kier alpha value is -12.0. The number of carboxylic acids is 2. The smallest absolute Gasteiger partial charge is 0.478 e. The highest BCUT2D eigenvalue weighted by molar-refractivity contribution is 9.10. The molecule has 0 unspecified atom stereocenters. The molecule has 0 spiro atoms. The van der Waals surface area contributed by atoms with Crippen LogP contribution in [0.1, 0.15) is 103 Å². The molecular weight excluding hydrogens is 1360 g/mol. The number of carbonyl (C=O) groups excluding carboxylic acids is 2. The maximum Gasteiger partial charge on any atom is 0.490 e. The number of carbonyl (C=O) groups is 4. The number of anilines is 2. The van der Waals surface area contributed by atoms with Gasteiger partial charge in [-0.2, -0.15) is 0 Å². The third-order valence-corrected chi connectivity index (χ3v) is 15.4. The standard InChI is InChI=1S/2C22H20FN7O.C13H10FNO2.C8H6BrFO2.C5H6BNO2/c2*1-13(2)30-21(27-28-29-30)19-5-4-6-20(25-19)26-22(31)17-12-16(14(3)11-18(17)23)15-7-9-24-10-8-15;1-8-6-12(14)11(13(16)17)7-10(8)9-2-4-15-5-3-9;1-4-2-7(10)5(8(11)12)3-6(4)9;8-6(9)5-2-1-3-7-4-5/h2*4-13H,1-3H3,(H,25,26,31);2-7H,1H3,(H,16,17);2-3H,1H3,(H,11,12);1-4,8-9H. The van der Waals surface area contributed by atoms with E-state index in [4.69, 9.17) is 20.3 Å². The van der Waals surface area contributed by atoms with Gasteiger partial charge in [0.05, 0.1) is 34.3 Å². The fourth-order valence-electron chi connectivity index (χ4n) is 9.44. The molecule has 0 bridgehead atoms. The number of hydrogen-bond donors (Lipinski definition) is 6. The van der Waals surface area contributed by atoms with Gasteiger partial charge in [0.15, 0.2) is 0 Å². The number of nitrogens with one attached hydrogen (secondary N) is 2. The number of hydrogen-bond acceptors (Lipinski definition) is 18. The third kappa shape index (κ3) is 19.2. The van der Waals surface area contributed by atoms with Crippen molar-refractivity contribution in [3.63, 3.8) is 0 Å². The lowest BCUT2D eigenvalue weighted by Gasteiger charge is -2.12. The number of rotatable bonds is 14. The number of carboxylic acid groups (broad SMARTS) is 2. The summed E-state index contributed by atoms with van der Waals surface area (Å²) in [5.74, 6) is -4.85. The summed E-state index contributed by atoms with van der Waals surface area (Å²) in [5, 5.41) is 63.2. The summed E-state index contributed by atoms with van der Waals surface area (Å²) >= 11 is 3.12. The Kier molecular flexibility index (Phi) is 25.3. The molecule has 4 aromatic carbocycles. The number of amides is 2. The molecule has 0 radical (unpaired) electrons. The second-order valence-electron chi connectivity index (χ2n) is 22.3. The number of aromatic carboxylic acids is 2. The zero-order valence-electron chi connectivity index (χ0n) is 54.6. The van der Waals surface area contributed by atoms with Crippen LogP contribution in [0.15, 0.2) is 188 Å². The molecule has 6 N–H and O–H groups in total. The first-order chi connectivity index (χ1) is 47.8. The average Bonchev–Trinajstić information content (AvgIpc) is 1.13. The van der Waals surface area contributed by atoms with Crippen LogP contribution in [-0.4, -0.2) is 121 Å². The van der Waals surface area contributed by atoms with Gasteiger partial charge in [-0.15, -0.1) is 10.2 Å². The van der Waals surface area contributed by atoms with Gasteiger partial charge in [-0.05, 0) is 247 Å². The fraction of sp³-hybridized carbons (Fsp3) is 0.143. The van der Waals surface area contributed by atoms with E-state index in [2.05, 4.69) is 87.5 Å². The second kappa shape index (κ2) is 34.3. The van der Waals surface area contributed by atoms with Gasteiger partial charge >= 0.3 is 19.1 Å². The monoisotopic (exact) mass is 1420 g/mol. The molecule has 0 aliphatic carbocycles. The van der Waals surface area contributed by atoms with Gasteiger partial charge in [-0.25, -0.2) is 46.5 Å². The van der Waals surface area contributed by atoms with Crippen LogP contribution in [0.25, 0.3) is 56.4 Å². The lowest BCUT2D eigenvalue weighted by Crippen LogP contribution is -2.29. The first-order valence-electron chi connectivity index (χ1n) is 30.2. The predicted octanol–water partition coefficient (Wildman–Crippen LogP) is 12.4. The maximum absolute atomic E-state index is 14.6. The van der Waals surface area contributed by atoms with Crippen LogP contribution < -0.4 is 16.1 Å². The minimum Gasteiger partial charge on any atom is -0.478 e. The van der Waals surface area contributed by atoms with Gasteiger partial charge < -0.3 is 30.9 Å². The molecule has 0 saturated carbocycles. The van der Waals surface area contributed by atoms with E-state index in [-0.39, 0.29) is 46.0 Å². The number of pyridine rings is 6. The van der Waals surface area contributed by atoms with Crippen molar-refractivity contribution < 1.29 is 57.0 Å². The highest BCUT2D eigenvalue weighted by Gasteiger charge is 2.22. The van der Waals surface area contributed by atoms with Crippen molar-refractivity contribution >= 4 is 63.9 Å². The van der Waals surface area contributed by atoms with Gasteiger partial charge in [-0.3, -0.25) is 29.5 Å². The van der Waals surface area contributed by atoms with E-state index in [1.54, 1.807) is 153 Å². The average molecular weight is 1420 g/mol. The van der Waals surface area contributed by atoms with Crippen LogP contribution >= 0.6 is 15.9 Å². The summed E-state index contributed by atoms with van der Waals surface area (Å²) in [4.78, 5) is 71.4. The third-order valence-electron chi connectivity index (χ3n) is 14.5. The highest BCUT2D eigenvalue weighted by atomic mass is 79.9. The topological polar surface area (TPSA) is 338 Å². The number of aryl methyl sites for hydroxylation is 4. The number of tetrazole rings is 2. The Morgan fingerprint density at radius 1 is 0.460 bits per heavy atom. The summed E-state index contributed by atoms with van der Waals surface area (Å²) in [6, 6.07) is 35.1. The quantitative estimate of drug-likeness (QED) is 0.0435. The fourth-order valence-corrected chi connectivity index (χ4v) is 9.78. The second-order valence-corrected chi connectivity index (χ2v) is 23.2. The van der Waals surface area contributed by atoms with Gasteiger partial charge in [0, 0.05) is 59.5 Å². The molecule has 8 heterocycles. The van der Waals surface area contributed by atoms with Crippen molar-refractivity contribution in [2.24, 2.45) is 0 Å². The van der Waals surface area contributed by atoms with Gasteiger partial charge in [-0.1, -0.05) is 34.1 Å². The number of aromatic nitrogens is 14. The minimum absolute atomic E-state index is 0.0401. The lowest BCUT2D eigenvalue weighted by molar-refractivity contribution is 0.0680. The van der Waals surface area contributed by atoms with Gasteiger partial charge in [0.1, 0.15) is 46.3 Å². The summed E-state index contributed by atoms with van der Waals surface area (Å²) in [5.41, 5.74) is 8.18. The van der Waals surface area contributed by atoms with Gasteiger partial charge in [0.2, 0.25) is 11.6 Å². The van der Waals surface area contributed by atoms with E-state index >= 15 is 0 Å². The molecule has 12 aromatic rings. The predicted molar refractivity (Wildman–Crippen MR) is 369 cm³/mol. The number of nitrogens with zero attached hydrogens (tertiary/aromatic N) is 14. The molecule has 24 nitrogen and oxygen atoms in total. The van der Waals surface area contributed by atoms with Crippen molar-refractivity contribution in [2.45, 2.75) is 67.5 Å². The molecule has 0 saturated heterocycles. The van der Waals surface area contributed by atoms with Crippen molar-refractivity contribution in [1.29, 1.82) is 0 Å². The molecule has 0 aliphatic heterocycles. The summed E-state index contributed by atoms with van der Waals surface area (Å²) in [7, 11) is -1.40. The molecule has 0 atom stereocenters. The first kappa shape index (κ1) is 73.8. The molecule has 508 valence electrons.